The molecule has 172 valence electrons. The van der Waals surface area contributed by atoms with Crippen molar-refractivity contribution in [3.8, 4) is 5.75 Å². The van der Waals surface area contributed by atoms with Crippen molar-refractivity contribution >= 4 is 11.9 Å². The third-order valence-electron chi connectivity index (χ3n) is 5.94. The molecule has 2 saturated heterocycles. The van der Waals surface area contributed by atoms with E-state index in [2.05, 4.69) is 25.7 Å². The van der Waals surface area contributed by atoms with E-state index in [1.54, 1.807) is 4.90 Å². The van der Waals surface area contributed by atoms with Crippen molar-refractivity contribution in [1.29, 1.82) is 0 Å². The van der Waals surface area contributed by atoms with E-state index in [4.69, 9.17) is 9.47 Å². The van der Waals surface area contributed by atoms with Gasteiger partial charge in [-0.05, 0) is 56.2 Å². The second kappa shape index (κ2) is 10.5. The summed E-state index contributed by atoms with van der Waals surface area (Å²) in [7, 11) is 0. The summed E-state index contributed by atoms with van der Waals surface area (Å²) < 4.78 is 11.4. The van der Waals surface area contributed by atoms with Gasteiger partial charge in [0.25, 0.3) is 5.91 Å². The minimum absolute atomic E-state index is 0.0422. The van der Waals surface area contributed by atoms with E-state index in [1.165, 1.54) is 0 Å². The standard InChI is InChI=1S/C25H38N2O4/c1-5-30-24(29)20-9-7-13-27(17-20)23(28)19-8-6-10-22(16-19)31-21-11-14-26(15-12-21)18-25(2,3)4/h6,8,10,16,20-21H,5,7,9,11-15,17-18H2,1-4H3/t20-/m1/s1. The lowest BCUT2D eigenvalue weighted by molar-refractivity contribution is -0.149. The van der Waals surface area contributed by atoms with Crippen LogP contribution in [0.5, 0.6) is 5.75 Å². The second-order valence-corrected chi connectivity index (χ2v) is 10.0. The first-order valence-corrected chi connectivity index (χ1v) is 11.7. The highest BCUT2D eigenvalue weighted by atomic mass is 16.5. The third kappa shape index (κ3) is 6.96. The summed E-state index contributed by atoms with van der Waals surface area (Å²) in [5.41, 5.74) is 0.926. The molecule has 0 spiro atoms. The van der Waals surface area contributed by atoms with Crippen molar-refractivity contribution in [3.63, 3.8) is 0 Å². The van der Waals surface area contributed by atoms with Crippen LogP contribution in [0.4, 0.5) is 0 Å². The highest BCUT2D eigenvalue weighted by Gasteiger charge is 2.30. The molecule has 2 fully saturated rings. The predicted octanol–water partition coefficient (Wildman–Crippen LogP) is 3.99. The fourth-order valence-electron chi connectivity index (χ4n) is 4.55. The Labute approximate surface area is 186 Å². The number of benzene rings is 1. The largest absolute Gasteiger partial charge is 0.490 e. The van der Waals surface area contributed by atoms with Gasteiger partial charge in [0, 0.05) is 38.3 Å². The quantitative estimate of drug-likeness (QED) is 0.639. The molecule has 1 aromatic carbocycles. The maximum absolute atomic E-state index is 13.1. The fraction of sp³-hybridized carbons (Fsp3) is 0.680. The number of likely N-dealkylation sites (tertiary alicyclic amines) is 2. The maximum Gasteiger partial charge on any atom is 0.310 e. The maximum atomic E-state index is 13.1. The first kappa shape index (κ1) is 23.6. The molecule has 0 aliphatic carbocycles. The summed E-state index contributed by atoms with van der Waals surface area (Å²) in [5.74, 6) is 0.281. The molecule has 0 unspecified atom stereocenters. The van der Waals surface area contributed by atoms with Crippen LogP contribution in [-0.4, -0.2) is 67.1 Å². The summed E-state index contributed by atoms with van der Waals surface area (Å²) in [6.07, 6.45) is 3.78. The Hall–Kier alpha value is -2.08. The van der Waals surface area contributed by atoms with E-state index in [9.17, 15) is 9.59 Å². The molecule has 3 rings (SSSR count). The van der Waals surface area contributed by atoms with Gasteiger partial charge in [0.05, 0.1) is 12.5 Å². The highest BCUT2D eigenvalue weighted by Crippen LogP contribution is 2.25. The van der Waals surface area contributed by atoms with Gasteiger partial charge in [0.15, 0.2) is 0 Å². The molecule has 0 saturated carbocycles. The molecule has 31 heavy (non-hydrogen) atoms. The van der Waals surface area contributed by atoms with Crippen LogP contribution in [0.3, 0.4) is 0 Å². The average Bonchev–Trinajstić information content (AvgIpc) is 2.74. The van der Waals surface area contributed by atoms with Crippen molar-refractivity contribution in [2.24, 2.45) is 11.3 Å². The van der Waals surface area contributed by atoms with Crippen LogP contribution < -0.4 is 4.74 Å². The van der Waals surface area contributed by atoms with Crippen LogP contribution in [0.15, 0.2) is 24.3 Å². The van der Waals surface area contributed by atoms with Crippen LogP contribution in [-0.2, 0) is 9.53 Å². The number of hydrogen-bond donors (Lipinski definition) is 0. The summed E-state index contributed by atoms with van der Waals surface area (Å²) in [6.45, 7) is 13.3. The van der Waals surface area contributed by atoms with Gasteiger partial charge in [-0.2, -0.15) is 0 Å². The van der Waals surface area contributed by atoms with Crippen LogP contribution in [0, 0.1) is 11.3 Å². The number of carbonyl (C=O) groups excluding carboxylic acids is 2. The Bertz CT molecular complexity index is 750. The van der Waals surface area contributed by atoms with Gasteiger partial charge in [-0.25, -0.2) is 0 Å². The molecule has 6 heteroatoms. The smallest absolute Gasteiger partial charge is 0.310 e. The highest BCUT2D eigenvalue weighted by molar-refractivity contribution is 5.95. The molecule has 0 radical (unpaired) electrons. The molecule has 2 aliphatic heterocycles. The topological polar surface area (TPSA) is 59.1 Å². The Kier molecular flexibility index (Phi) is 7.98. The zero-order chi connectivity index (χ0) is 22.4. The number of rotatable bonds is 6. The van der Waals surface area contributed by atoms with Gasteiger partial charge in [-0.1, -0.05) is 26.8 Å². The molecule has 0 aromatic heterocycles. The molecule has 6 nitrogen and oxygen atoms in total. The summed E-state index contributed by atoms with van der Waals surface area (Å²) >= 11 is 0. The van der Waals surface area contributed by atoms with E-state index in [1.807, 2.05) is 31.2 Å². The Balaban J connectivity index is 1.55. The molecule has 1 amide bonds. The van der Waals surface area contributed by atoms with E-state index in [0.717, 1.165) is 51.1 Å². The van der Waals surface area contributed by atoms with Crippen molar-refractivity contribution in [1.82, 2.24) is 9.80 Å². The third-order valence-corrected chi connectivity index (χ3v) is 5.94. The first-order valence-electron chi connectivity index (χ1n) is 11.7. The number of nitrogens with zero attached hydrogens (tertiary/aromatic N) is 2. The minimum Gasteiger partial charge on any atom is -0.490 e. The lowest BCUT2D eigenvalue weighted by Gasteiger charge is -2.36. The van der Waals surface area contributed by atoms with Crippen LogP contribution in [0.1, 0.15) is 63.7 Å². The van der Waals surface area contributed by atoms with Crippen LogP contribution in [0.2, 0.25) is 0 Å². The number of amides is 1. The van der Waals surface area contributed by atoms with E-state index < -0.39 is 0 Å². The first-order chi connectivity index (χ1) is 14.7. The average molecular weight is 431 g/mol. The van der Waals surface area contributed by atoms with E-state index in [0.29, 0.717) is 30.7 Å². The lowest BCUT2D eigenvalue weighted by Crippen LogP contribution is -2.43. The Morgan fingerprint density at radius 1 is 1.10 bits per heavy atom. The molecule has 0 bridgehead atoms. The molecule has 2 aliphatic rings. The van der Waals surface area contributed by atoms with Gasteiger partial charge in [0.1, 0.15) is 11.9 Å². The zero-order valence-corrected chi connectivity index (χ0v) is 19.6. The molecule has 1 aromatic rings. The normalized spacial score (nSPS) is 21.0. The van der Waals surface area contributed by atoms with Crippen molar-refractivity contribution in [2.75, 3.05) is 39.3 Å². The van der Waals surface area contributed by atoms with Crippen molar-refractivity contribution < 1.29 is 19.1 Å². The fourth-order valence-corrected chi connectivity index (χ4v) is 4.55. The van der Waals surface area contributed by atoms with Crippen molar-refractivity contribution in [3.05, 3.63) is 29.8 Å². The van der Waals surface area contributed by atoms with Gasteiger partial charge in [0.2, 0.25) is 0 Å². The predicted molar refractivity (Wildman–Crippen MR) is 121 cm³/mol. The van der Waals surface area contributed by atoms with Crippen LogP contribution >= 0.6 is 0 Å². The number of piperidine rings is 2. The lowest BCUT2D eigenvalue weighted by atomic mass is 9.94. The summed E-state index contributed by atoms with van der Waals surface area (Å²) in [6, 6.07) is 7.48. The second-order valence-electron chi connectivity index (χ2n) is 10.0. The Morgan fingerprint density at radius 3 is 2.52 bits per heavy atom. The number of ether oxygens (including phenoxy) is 2. The number of hydrogen-bond acceptors (Lipinski definition) is 5. The monoisotopic (exact) mass is 430 g/mol. The van der Waals surface area contributed by atoms with Gasteiger partial charge in [-0.3, -0.25) is 9.59 Å². The van der Waals surface area contributed by atoms with Crippen molar-refractivity contribution in [2.45, 2.75) is 59.5 Å². The Morgan fingerprint density at radius 2 is 1.84 bits per heavy atom. The van der Waals surface area contributed by atoms with Gasteiger partial charge < -0.3 is 19.3 Å². The molecule has 1 atom stereocenters. The van der Waals surface area contributed by atoms with Crippen LogP contribution in [0.25, 0.3) is 0 Å². The SMILES string of the molecule is CCOC(=O)[C@@H]1CCCN(C(=O)c2cccc(OC3CCN(CC(C)(C)C)CC3)c2)C1. The zero-order valence-electron chi connectivity index (χ0n) is 19.6. The summed E-state index contributed by atoms with van der Waals surface area (Å²) in [5, 5.41) is 0. The minimum atomic E-state index is -0.227. The van der Waals surface area contributed by atoms with Gasteiger partial charge >= 0.3 is 5.97 Å². The van der Waals surface area contributed by atoms with E-state index in [-0.39, 0.29) is 23.9 Å². The molecular weight excluding hydrogens is 392 g/mol. The number of carbonyl (C=O) groups is 2. The summed E-state index contributed by atoms with van der Waals surface area (Å²) in [4.78, 5) is 29.4. The molecule has 2 heterocycles. The van der Waals surface area contributed by atoms with Gasteiger partial charge in [-0.15, -0.1) is 0 Å². The molecular formula is C25H38N2O4. The van der Waals surface area contributed by atoms with E-state index >= 15 is 0 Å². The number of esters is 1. The molecule has 0 N–H and O–H groups in total.